The van der Waals surface area contributed by atoms with Crippen molar-refractivity contribution in [1.82, 2.24) is 16.0 Å². The Balaban J connectivity index is 1.95. The Morgan fingerprint density at radius 1 is 1.17 bits per heavy atom. The highest BCUT2D eigenvalue weighted by Gasteiger charge is 2.36. The third-order valence-corrected chi connectivity index (χ3v) is 4.69. The summed E-state index contributed by atoms with van der Waals surface area (Å²) in [5.41, 5.74) is 0.900. The number of methoxy groups -OCH3 is 1. The Hall–Kier alpha value is -3.41. The van der Waals surface area contributed by atoms with E-state index in [2.05, 4.69) is 20.7 Å². The van der Waals surface area contributed by atoms with E-state index in [4.69, 9.17) is 5.26 Å². The van der Waals surface area contributed by atoms with E-state index < -0.39 is 41.8 Å². The Morgan fingerprint density at radius 2 is 1.79 bits per heavy atom. The molecule has 0 unspecified atom stereocenters. The first-order valence-corrected chi connectivity index (χ1v) is 9.24. The molecule has 1 saturated heterocycles. The van der Waals surface area contributed by atoms with Gasteiger partial charge < -0.3 is 20.7 Å². The quantitative estimate of drug-likeness (QED) is 0.517. The number of benzene rings is 1. The average molecular weight is 400 g/mol. The lowest BCUT2D eigenvalue weighted by atomic mass is 9.98. The monoisotopic (exact) mass is 400 g/mol. The van der Waals surface area contributed by atoms with Gasteiger partial charge in [0.25, 0.3) is 0 Å². The Labute approximate surface area is 168 Å². The van der Waals surface area contributed by atoms with Crippen molar-refractivity contribution in [3.8, 4) is 6.07 Å². The predicted octanol–water partition coefficient (Wildman–Crippen LogP) is -0.190. The van der Waals surface area contributed by atoms with Gasteiger partial charge in [-0.1, -0.05) is 37.3 Å². The first kappa shape index (κ1) is 21.9. The van der Waals surface area contributed by atoms with Gasteiger partial charge in [0, 0.05) is 18.8 Å². The van der Waals surface area contributed by atoms with Gasteiger partial charge in [0.05, 0.1) is 19.6 Å². The predicted molar refractivity (Wildman–Crippen MR) is 102 cm³/mol. The SMILES string of the molecule is COC(=O)[C@H](NC(=O)C[C@@H]1NC(=O)[C@H](Cc2ccccc2)NC1=O)[C@@H](C)CC#N. The molecule has 0 saturated carbocycles. The number of nitrogens with zero attached hydrogens (tertiary/aromatic N) is 1. The normalized spacial score (nSPS) is 20.4. The molecule has 9 heteroatoms. The number of rotatable bonds is 8. The van der Waals surface area contributed by atoms with Crippen molar-refractivity contribution in [3.05, 3.63) is 35.9 Å². The summed E-state index contributed by atoms with van der Waals surface area (Å²) >= 11 is 0. The van der Waals surface area contributed by atoms with E-state index in [0.717, 1.165) is 5.56 Å². The van der Waals surface area contributed by atoms with Crippen molar-refractivity contribution in [3.63, 3.8) is 0 Å². The number of nitriles is 1. The number of hydrogen-bond acceptors (Lipinski definition) is 6. The molecule has 2 rings (SSSR count). The summed E-state index contributed by atoms with van der Waals surface area (Å²) in [5, 5.41) is 16.5. The molecule has 1 aromatic rings. The maximum atomic E-state index is 12.3. The minimum Gasteiger partial charge on any atom is -0.467 e. The van der Waals surface area contributed by atoms with E-state index in [9.17, 15) is 19.2 Å². The highest BCUT2D eigenvalue weighted by Crippen LogP contribution is 2.11. The minimum absolute atomic E-state index is 0.0435. The van der Waals surface area contributed by atoms with Crippen LogP contribution in [0.25, 0.3) is 0 Å². The number of ether oxygens (including phenoxy) is 1. The summed E-state index contributed by atoms with van der Waals surface area (Å²) in [5.74, 6) is -2.61. The summed E-state index contributed by atoms with van der Waals surface area (Å²) in [7, 11) is 1.18. The topological polar surface area (TPSA) is 137 Å². The second-order valence-electron chi connectivity index (χ2n) is 6.92. The molecule has 0 spiro atoms. The molecule has 9 nitrogen and oxygen atoms in total. The molecule has 0 radical (unpaired) electrons. The van der Waals surface area contributed by atoms with Crippen molar-refractivity contribution in [2.45, 2.75) is 44.3 Å². The maximum absolute atomic E-state index is 12.3. The number of piperazine rings is 1. The van der Waals surface area contributed by atoms with E-state index in [1.165, 1.54) is 7.11 Å². The number of hydrogen-bond donors (Lipinski definition) is 3. The van der Waals surface area contributed by atoms with E-state index in [0.29, 0.717) is 6.42 Å². The van der Waals surface area contributed by atoms with Gasteiger partial charge in [-0.05, 0) is 5.56 Å². The standard InChI is InChI=1S/C20H24N4O5/c1-12(8-9-21)17(20(28)29-2)24-16(25)11-15-19(27)22-14(18(26)23-15)10-13-6-4-3-5-7-13/h3-7,12,14-15,17H,8,10-11H2,1-2H3,(H,22,27)(H,23,26)(H,24,25)/t12-,14-,15-,17+/m0/s1. The fraction of sp³-hybridized carbons (Fsp3) is 0.450. The van der Waals surface area contributed by atoms with Crippen LogP contribution in [0.2, 0.25) is 0 Å². The van der Waals surface area contributed by atoms with Crippen molar-refractivity contribution in [2.75, 3.05) is 7.11 Å². The van der Waals surface area contributed by atoms with Crippen LogP contribution in [0, 0.1) is 17.2 Å². The van der Waals surface area contributed by atoms with Crippen molar-refractivity contribution in [2.24, 2.45) is 5.92 Å². The van der Waals surface area contributed by atoms with Crippen LogP contribution in [-0.4, -0.2) is 48.9 Å². The lowest BCUT2D eigenvalue weighted by Gasteiger charge is -2.30. The number of amides is 3. The van der Waals surface area contributed by atoms with E-state index in [1.54, 1.807) is 6.92 Å². The fourth-order valence-electron chi connectivity index (χ4n) is 3.05. The van der Waals surface area contributed by atoms with E-state index >= 15 is 0 Å². The van der Waals surface area contributed by atoms with Gasteiger partial charge >= 0.3 is 5.97 Å². The van der Waals surface area contributed by atoms with Crippen LogP contribution in [0.4, 0.5) is 0 Å². The van der Waals surface area contributed by atoms with Gasteiger partial charge in [-0.3, -0.25) is 14.4 Å². The van der Waals surface area contributed by atoms with E-state index in [-0.39, 0.29) is 18.7 Å². The summed E-state index contributed by atoms with van der Waals surface area (Å²) < 4.78 is 4.67. The third-order valence-electron chi connectivity index (χ3n) is 4.69. The largest absolute Gasteiger partial charge is 0.467 e. The molecule has 1 aromatic carbocycles. The first-order chi connectivity index (χ1) is 13.8. The van der Waals surface area contributed by atoms with E-state index in [1.807, 2.05) is 36.4 Å². The van der Waals surface area contributed by atoms with Gasteiger partial charge in [-0.2, -0.15) is 5.26 Å². The molecule has 3 N–H and O–H groups in total. The molecule has 0 aliphatic carbocycles. The van der Waals surface area contributed by atoms with Crippen molar-refractivity contribution in [1.29, 1.82) is 5.26 Å². The van der Waals surface area contributed by atoms with Crippen LogP contribution in [0.1, 0.15) is 25.3 Å². The zero-order chi connectivity index (χ0) is 21.4. The third kappa shape index (κ3) is 6.04. The highest BCUT2D eigenvalue weighted by molar-refractivity contribution is 5.99. The smallest absolute Gasteiger partial charge is 0.328 e. The number of carbonyl (C=O) groups is 4. The molecule has 1 aliphatic rings. The molecule has 0 bridgehead atoms. The number of nitrogens with one attached hydrogen (secondary N) is 3. The summed E-state index contributed by atoms with van der Waals surface area (Å²) in [6.45, 7) is 1.63. The molecular weight excluding hydrogens is 376 g/mol. The lowest BCUT2D eigenvalue weighted by Crippen LogP contribution is -2.63. The average Bonchev–Trinajstić information content (AvgIpc) is 2.70. The highest BCUT2D eigenvalue weighted by atomic mass is 16.5. The molecular formula is C20H24N4O5. The second-order valence-corrected chi connectivity index (χ2v) is 6.92. The zero-order valence-corrected chi connectivity index (χ0v) is 16.3. The van der Waals surface area contributed by atoms with Gasteiger partial charge in [-0.15, -0.1) is 0 Å². The minimum atomic E-state index is -1.04. The summed E-state index contributed by atoms with van der Waals surface area (Å²) in [6, 6.07) is 8.42. The molecule has 29 heavy (non-hydrogen) atoms. The molecule has 4 atom stereocenters. The Morgan fingerprint density at radius 3 is 2.41 bits per heavy atom. The lowest BCUT2D eigenvalue weighted by molar-refractivity contribution is -0.147. The zero-order valence-electron chi connectivity index (χ0n) is 16.3. The van der Waals surface area contributed by atoms with Gasteiger partial charge in [0.2, 0.25) is 17.7 Å². The van der Waals surface area contributed by atoms with Gasteiger partial charge in [-0.25, -0.2) is 4.79 Å². The maximum Gasteiger partial charge on any atom is 0.328 e. The summed E-state index contributed by atoms with van der Waals surface area (Å²) in [6.07, 6.45) is 0.0533. The molecule has 1 fully saturated rings. The van der Waals surface area contributed by atoms with Crippen molar-refractivity contribution >= 4 is 23.7 Å². The second kappa shape index (κ2) is 10.2. The van der Waals surface area contributed by atoms with Crippen LogP contribution in [-0.2, 0) is 30.3 Å². The van der Waals surface area contributed by atoms with Crippen LogP contribution in [0.5, 0.6) is 0 Å². The summed E-state index contributed by atoms with van der Waals surface area (Å²) in [4.78, 5) is 48.9. The molecule has 1 aliphatic heterocycles. The Kier molecular flexibility index (Phi) is 7.71. The van der Waals surface area contributed by atoms with Crippen LogP contribution in [0.3, 0.4) is 0 Å². The molecule has 1 heterocycles. The van der Waals surface area contributed by atoms with Gasteiger partial charge in [0.1, 0.15) is 18.1 Å². The Bertz CT molecular complexity index is 805. The van der Waals surface area contributed by atoms with Crippen LogP contribution < -0.4 is 16.0 Å². The van der Waals surface area contributed by atoms with Crippen LogP contribution in [0.15, 0.2) is 30.3 Å². The van der Waals surface area contributed by atoms with Crippen molar-refractivity contribution < 1.29 is 23.9 Å². The molecule has 3 amide bonds. The van der Waals surface area contributed by atoms with Crippen LogP contribution >= 0.6 is 0 Å². The molecule has 0 aromatic heterocycles. The van der Waals surface area contributed by atoms with Gasteiger partial charge in [0.15, 0.2) is 0 Å². The molecule has 154 valence electrons. The fourth-order valence-corrected chi connectivity index (χ4v) is 3.05. The first-order valence-electron chi connectivity index (χ1n) is 9.24. The number of esters is 1. The number of carbonyl (C=O) groups excluding carboxylic acids is 4.